The summed E-state index contributed by atoms with van der Waals surface area (Å²) in [5.41, 5.74) is 7.75. The summed E-state index contributed by atoms with van der Waals surface area (Å²) >= 11 is 0. The third-order valence-electron chi connectivity index (χ3n) is 4.34. The molecule has 3 N–H and O–H groups in total. The molecule has 7 heteroatoms. The van der Waals surface area contributed by atoms with E-state index in [0.717, 1.165) is 16.9 Å². The third-order valence-corrected chi connectivity index (χ3v) is 4.34. The van der Waals surface area contributed by atoms with Crippen molar-refractivity contribution in [3.63, 3.8) is 0 Å². The van der Waals surface area contributed by atoms with Gasteiger partial charge in [-0.3, -0.25) is 9.89 Å². The van der Waals surface area contributed by atoms with E-state index < -0.39 is 5.91 Å². The number of H-pyrrole nitrogens is 1. The van der Waals surface area contributed by atoms with Crippen molar-refractivity contribution in [1.82, 2.24) is 15.2 Å². The van der Waals surface area contributed by atoms with Crippen LogP contribution < -0.4 is 15.2 Å². The van der Waals surface area contributed by atoms with Gasteiger partial charge in [-0.25, -0.2) is 4.98 Å². The molecule has 0 atom stereocenters. The number of primary amides is 1. The Bertz CT molecular complexity index is 967. The fourth-order valence-electron chi connectivity index (χ4n) is 3.02. The maximum Gasteiger partial charge on any atom is 0.248 e. The van der Waals surface area contributed by atoms with Gasteiger partial charge in [0.05, 0.1) is 0 Å². The second-order valence-corrected chi connectivity index (χ2v) is 6.17. The summed E-state index contributed by atoms with van der Waals surface area (Å²) in [6, 6.07) is 13.0. The van der Waals surface area contributed by atoms with E-state index in [1.807, 2.05) is 42.8 Å². The first-order chi connectivity index (χ1) is 13.2. The molecule has 2 heterocycles. The molecule has 0 aliphatic carbocycles. The number of fused-ring (bicyclic) bond motifs is 1. The number of nitrogens with zero attached hydrogens (tertiary/aromatic N) is 2. The van der Waals surface area contributed by atoms with Gasteiger partial charge in [-0.15, -0.1) is 0 Å². The quantitative estimate of drug-likeness (QED) is 0.700. The number of rotatable bonds is 6. The Balaban J connectivity index is 1.41. The van der Waals surface area contributed by atoms with Gasteiger partial charge in [-0.1, -0.05) is 18.2 Å². The molecule has 0 spiro atoms. The highest BCUT2D eigenvalue weighted by Gasteiger charge is 2.15. The number of aromatic amines is 1. The van der Waals surface area contributed by atoms with Crippen molar-refractivity contribution < 1.29 is 14.3 Å². The fraction of sp³-hybridized carbons (Fsp3) is 0.200. The number of aromatic nitrogens is 3. The van der Waals surface area contributed by atoms with Crippen molar-refractivity contribution in [2.75, 3.05) is 13.2 Å². The molecule has 0 saturated carbocycles. The van der Waals surface area contributed by atoms with E-state index in [2.05, 4.69) is 15.2 Å². The van der Waals surface area contributed by atoms with Crippen LogP contribution in [0.5, 0.6) is 11.5 Å². The molecule has 0 fully saturated rings. The maximum atomic E-state index is 11.5. The summed E-state index contributed by atoms with van der Waals surface area (Å²) in [7, 11) is 0. The maximum absolute atomic E-state index is 11.5. The van der Waals surface area contributed by atoms with E-state index in [9.17, 15) is 4.79 Å². The van der Waals surface area contributed by atoms with Gasteiger partial charge in [0.1, 0.15) is 19.0 Å². The Labute approximate surface area is 156 Å². The van der Waals surface area contributed by atoms with Crippen molar-refractivity contribution in [3.8, 4) is 22.9 Å². The lowest BCUT2D eigenvalue weighted by molar-refractivity contribution is 0.0999. The second kappa shape index (κ2) is 7.49. The van der Waals surface area contributed by atoms with Gasteiger partial charge in [0.25, 0.3) is 0 Å². The van der Waals surface area contributed by atoms with Crippen LogP contribution in [0, 0.1) is 6.42 Å². The highest BCUT2D eigenvalue weighted by atomic mass is 16.6. The Morgan fingerprint density at radius 3 is 2.81 bits per heavy atom. The lowest BCUT2D eigenvalue weighted by Gasteiger charge is -2.18. The Morgan fingerprint density at radius 1 is 1.15 bits per heavy atom. The van der Waals surface area contributed by atoms with Crippen molar-refractivity contribution in [2.24, 2.45) is 5.73 Å². The smallest absolute Gasteiger partial charge is 0.248 e. The van der Waals surface area contributed by atoms with Gasteiger partial charge in [0, 0.05) is 17.5 Å². The average molecular weight is 363 g/mol. The summed E-state index contributed by atoms with van der Waals surface area (Å²) in [5.74, 6) is 2.30. The molecule has 137 valence electrons. The molecule has 7 nitrogen and oxygen atoms in total. The average Bonchev–Trinajstić information content (AvgIpc) is 3.17. The second-order valence-electron chi connectivity index (χ2n) is 6.17. The lowest BCUT2D eigenvalue weighted by atomic mass is 10.0. The number of carbonyl (C=O) groups is 1. The minimum absolute atomic E-state index is 0.411. The number of benzene rings is 2. The summed E-state index contributed by atoms with van der Waals surface area (Å²) in [6.07, 6.45) is 3.35. The SMILES string of the molecule is NC(=O)c1ccccc1CC[CH]c1nc(-c2ccc3c(c2)OCCO3)n[nH]1. The minimum atomic E-state index is -0.411. The summed E-state index contributed by atoms with van der Waals surface area (Å²) in [6.45, 7) is 1.10. The first-order valence-corrected chi connectivity index (χ1v) is 8.74. The van der Waals surface area contributed by atoms with E-state index in [4.69, 9.17) is 15.2 Å². The van der Waals surface area contributed by atoms with E-state index in [0.29, 0.717) is 49.0 Å². The summed E-state index contributed by atoms with van der Waals surface area (Å²) in [4.78, 5) is 16.0. The number of nitrogens with two attached hydrogens (primary N) is 1. The molecule has 3 aromatic rings. The van der Waals surface area contributed by atoms with Crippen LogP contribution in [0.4, 0.5) is 0 Å². The summed E-state index contributed by atoms with van der Waals surface area (Å²) < 4.78 is 11.1. The number of nitrogens with one attached hydrogen (secondary N) is 1. The van der Waals surface area contributed by atoms with Crippen LogP contribution in [0.2, 0.25) is 0 Å². The largest absolute Gasteiger partial charge is 0.486 e. The van der Waals surface area contributed by atoms with Crippen LogP contribution in [-0.4, -0.2) is 34.3 Å². The zero-order chi connectivity index (χ0) is 18.6. The van der Waals surface area contributed by atoms with Gasteiger partial charge < -0.3 is 15.2 Å². The normalized spacial score (nSPS) is 12.7. The van der Waals surface area contributed by atoms with Gasteiger partial charge in [-0.2, -0.15) is 5.10 Å². The predicted octanol–water partition coefficient (Wildman–Crippen LogP) is 2.53. The molecule has 1 radical (unpaired) electrons. The number of hydrogen-bond donors (Lipinski definition) is 2. The number of ether oxygens (including phenoxy) is 2. The Kier molecular flexibility index (Phi) is 4.74. The highest BCUT2D eigenvalue weighted by molar-refractivity contribution is 5.94. The molecular formula is C20H19N4O3. The Hall–Kier alpha value is -3.35. The topological polar surface area (TPSA) is 103 Å². The van der Waals surface area contributed by atoms with Gasteiger partial charge in [-0.05, 0) is 42.7 Å². The minimum Gasteiger partial charge on any atom is -0.486 e. The fourth-order valence-corrected chi connectivity index (χ4v) is 3.02. The molecule has 2 aromatic carbocycles. The van der Waals surface area contributed by atoms with Crippen molar-refractivity contribution in [1.29, 1.82) is 0 Å². The van der Waals surface area contributed by atoms with Gasteiger partial charge >= 0.3 is 0 Å². The monoisotopic (exact) mass is 363 g/mol. The van der Waals surface area contributed by atoms with Crippen LogP contribution in [0.1, 0.15) is 28.2 Å². The van der Waals surface area contributed by atoms with E-state index >= 15 is 0 Å². The zero-order valence-electron chi connectivity index (χ0n) is 14.6. The van der Waals surface area contributed by atoms with E-state index in [1.165, 1.54) is 0 Å². The Morgan fingerprint density at radius 2 is 1.96 bits per heavy atom. The molecular weight excluding hydrogens is 344 g/mol. The molecule has 1 aliphatic heterocycles. The zero-order valence-corrected chi connectivity index (χ0v) is 14.6. The standard InChI is InChI=1S/C20H19N4O3/c21-19(25)15-6-2-1-4-13(15)5-3-7-18-22-20(24-23-18)14-8-9-16-17(12-14)27-11-10-26-16/h1-2,4,6-9,12H,3,5,10-11H2,(H2,21,25)(H,22,23,24). The van der Waals surface area contributed by atoms with Crippen molar-refractivity contribution in [2.45, 2.75) is 12.8 Å². The van der Waals surface area contributed by atoms with Crippen molar-refractivity contribution in [3.05, 3.63) is 65.8 Å². The van der Waals surface area contributed by atoms with E-state index in [-0.39, 0.29) is 0 Å². The van der Waals surface area contributed by atoms with E-state index in [1.54, 1.807) is 6.07 Å². The highest BCUT2D eigenvalue weighted by Crippen LogP contribution is 2.33. The van der Waals surface area contributed by atoms with Crippen LogP contribution in [0.15, 0.2) is 42.5 Å². The molecule has 1 amide bonds. The molecule has 0 bridgehead atoms. The molecule has 4 rings (SSSR count). The van der Waals surface area contributed by atoms with Crippen LogP contribution >= 0.6 is 0 Å². The first-order valence-electron chi connectivity index (χ1n) is 8.74. The molecule has 1 aromatic heterocycles. The molecule has 0 saturated heterocycles. The van der Waals surface area contributed by atoms with Gasteiger partial charge in [0.15, 0.2) is 17.3 Å². The van der Waals surface area contributed by atoms with Crippen LogP contribution in [0.3, 0.4) is 0 Å². The van der Waals surface area contributed by atoms with Crippen LogP contribution in [-0.2, 0) is 6.42 Å². The molecule has 1 aliphatic rings. The molecule has 0 unspecified atom stereocenters. The van der Waals surface area contributed by atoms with Crippen LogP contribution in [0.25, 0.3) is 11.4 Å². The number of amides is 1. The van der Waals surface area contributed by atoms with Gasteiger partial charge in [0.2, 0.25) is 5.91 Å². The molecule has 27 heavy (non-hydrogen) atoms. The summed E-state index contributed by atoms with van der Waals surface area (Å²) in [5, 5.41) is 7.20. The lowest BCUT2D eigenvalue weighted by Crippen LogP contribution is -2.15. The number of aryl methyl sites for hydroxylation is 1. The number of carbonyl (C=O) groups excluding carboxylic acids is 1. The predicted molar refractivity (Wildman–Crippen MR) is 99.5 cm³/mol. The first kappa shape index (κ1) is 17.1. The van der Waals surface area contributed by atoms with Crippen molar-refractivity contribution >= 4 is 5.91 Å². The number of hydrogen-bond acceptors (Lipinski definition) is 5. The third kappa shape index (κ3) is 3.76.